The molecule has 27 heavy (non-hydrogen) atoms. The largest absolute Gasteiger partial charge is 0.336 e. The first-order chi connectivity index (χ1) is 13.2. The molecule has 0 bridgehead atoms. The van der Waals surface area contributed by atoms with Gasteiger partial charge in [0.05, 0.1) is 11.7 Å². The number of pyridine rings is 1. The fourth-order valence-electron chi connectivity index (χ4n) is 3.02. The molecule has 2 atom stereocenters. The molecule has 0 saturated heterocycles. The molecular formula is C23H25N3O. The summed E-state index contributed by atoms with van der Waals surface area (Å²) >= 11 is 0. The molecule has 4 heteroatoms. The maximum absolute atomic E-state index is 12.6. The van der Waals surface area contributed by atoms with Crippen molar-refractivity contribution in [1.82, 2.24) is 15.6 Å². The van der Waals surface area contributed by atoms with Gasteiger partial charge < -0.3 is 10.6 Å². The lowest BCUT2D eigenvalue weighted by atomic mass is 10.0. The number of aromatic nitrogens is 1. The van der Waals surface area contributed by atoms with Crippen LogP contribution in [0.25, 0.3) is 0 Å². The molecule has 4 nitrogen and oxygen atoms in total. The minimum Gasteiger partial charge on any atom is -0.336 e. The first-order valence-electron chi connectivity index (χ1n) is 9.29. The summed E-state index contributed by atoms with van der Waals surface area (Å²) in [6, 6.07) is 25.5. The van der Waals surface area contributed by atoms with Crippen molar-refractivity contribution in [2.45, 2.75) is 31.8 Å². The van der Waals surface area contributed by atoms with E-state index in [0.29, 0.717) is 0 Å². The van der Waals surface area contributed by atoms with Crippen LogP contribution in [0, 0.1) is 0 Å². The van der Waals surface area contributed by atoms with Crippen LogP contribution in [-0.4, -0.2) is 17.1 Å². The fraction of sp³-hybridized carbons (Fsp3) is 0.217. The van der Waals surface area contributed by atoms with E-state index in [1.807, 2.05) is 73.7 Å². The number of benzene rings is 2. The minimum absolute atomic E-state index is 0.0744. The van der Waals surface area contributed by atoms with Gasteiger partial charge in [0.2, 0.25) is 0 Å². The van der Waals surface area contributed by atoms with Gasteiger partial charge in [0, 0.05) is 12.2 Å². The smallest absolute Gasteiger partial charge is 0.315 e. The van der Waals surface area contributed by atoms with Gasteiger partial charge in [-0.05, 0) is 43.0 Å². The lowest BCUT2D eigenvalue weighted by Crippen LogP contribution is -2.43. The average Bonchev–Trinajstić information content (AvgIpc) is 2.72. The Hall–Kier alpha value is -3.14. The second-order valence-corrected chi connectivity index (χ2v) is 6.64. The molecule has 138 valence electrons. The van der Waals surface area contributed by atoms with Crippen LogP contribution in [0.3, 0.4) is 0 Å². The summed E-state index contributed by atoms with van der Waals surface area (Å²) in [5, 5.41) is 6.11. The summed E-state index contributed by atoms with van der Waals surface area (Å²) < 4.78 is 0. The molecule has 0 aliphatic carbocycles. The van der Waals surface area contributed by atoms with Crippen molar-refractivity contribution in [2.24, 2.45) is 0 Å². The highest BCUT2D eigenvalue weighted by atomic mass is 16.2. The van der Waals surface area contributed by atoms with E-state index in [9.17, 15) is 4.79 Å². The number of aryl methyl sites for hydroxylation is 1. The Bertz CT molecular complexity index is 783. The first kappa shape index (κ1) is 18.6. The molecule has 0 fully saturated rings. The van der Waals surface area contributed by atoms with E-state index in [4.69, 9.17) is 0 Å². The highest BCUT2D eigenvalue weighted by Gasteiger charge is 2.18. The summed E-state index contributed by atoms with van der Waals surface area (Å²) in [5.41, 5.74) is 3.10. The van der Waals surface area contributed by atoms with Gasteiger partial charge in [0.25, 0.3) is 0 Å². The summed E-state index contributed by atoms with van der Waals surface area (Å²) in [6.45, 7) is 2.03. The van der Waals surface area contributed by atoms with Gasteiger partial charge in [-0.2, -0.15) is 0 Å². The third-order valence-corrected chi connectivity index (χ3v) is 4.48. The van der Waals surface area contributed by atoms with Gasteiger partial charge in [-0.1, -0.05) is 66.7 Å². The molecule has 3 rings (SSSR count). The van der Waals surface area contributed by atoms with E-state index in [0.717, 1.165) is 24.1 Å². The first-order valence-corrected chi connectivity index (χ1v) is 9.29. The molecule has 3 aromatic rings. The molecule has 0 aliphatic heterocycles. The minimum atomic E-state index is -0.284. The molecule has 0 unspecified atom stereocenters. The molecule has 2 aromatic carbocycles. The number of urea groups is 1. The molecule has 2 N–H and O–H groups in total. The molecule has 0 saturated carbocycles. The van der Waals surface area contributed by atoms with E-state index in [1.54, 1.807) is 6.20 Å². The summed E-state index contributed by atoms with van der Waals surface area (Å²) in [7, 11) is 0. The highest BCUT2D eigenvalue weighted by molar-refractivity contribution is 5.75. The second-order valence-electron chi connectivity index (χ2n) is 6.64. The van der Waals surface area contributed by atoms with Gasteiger partial charge >= 0.3 is 6.03 Å². The van der Waals surface area contributed by atoms with Gasteiger partial charge in [0.1, 0.15) is 0 Å². The lowest BCUT2D eigenvalue weighted by Gasteiger charge is -2.21. The van der Waals surface area contributed by atoms with E-state index in [2.05, 4.69) is 27.8 Å². The molecule has 1 aromatic heterocycles. The number of carbonyl (C=O) groups excluding carboxylic acids is 1. The Morgan fingerprint density at radius 1 is 0.889 bits per heavy atom. The van der Waals surface area contributed by atoms with Crippen molar-refractivity contribution >= 4 is 6.03 Å². The number of amides is 2. The Balaban J connectivity index is 1.61. The molecule has 1 heterocycles. The normalized spacial score (nSPS) is 12.8. The van der Waals surface area contributed by atoms with E-state index in [-0.39, 0.29) is 18.1 Å². The van der Waals surface area contributed by atoms with Gasteiger partial charge in [-0.15, -0.1) is 0 Å². The quantitative estimate of drug-likeness (QED) is 0.653. The van der Waals surface area contributed by atoms with Crippen molar-refractivity contribution in [3.05, 3.63) is 102 Å². The van der Waals surface area contributed by atoms with Crippen LogP contribution in [-0.2, 0) is 6.42 Å². The SMILES string of the molecule is C[C@H](CCc1ccccc1)NC(=O)N[C@@H](c1ccccc1)c1ccccn1. The summed E-state index contributed by atoms with van der Waals surface area (Å²) in [4.78, 5) is 17.0. The van der Waals surface area contributed by atoms with E-state index >= 15 is 0 Å². The Labute approximate surface area is 160 Å². The third-order valence-electron chi connectivity index (χ3n) is 4.48. The van der Waals surface area contributed by atoms with Gasteiger partial charge in [-0.3, -0.25) is 4.98 Å². The highest BCUT2D eigenvalue weighted by Crippen LogP contribution is 2.19. The van der Waals surface area contributed by atoms with Crippen molar-refractivity contribution in [3.8, 4) is 0 Å². The molecular weight excluding hydrogens is 334 g/mol. The standard InChI is InChI=1S/C23H25N3O/c1-18(15-16-19-10-4-2-5-11-19)25-23(27)26-22(20-12-6-3-7-13-20)21-14-8-9-17-24-21/h2-14,17-18,22H,15-16H2,1H3,(H2,25,26,27)/t18-,22+/m1/s1. The zero-order valence-corrected chi connectivity index (χ0v) is 15.5. The monoisotopic (exact) mass is 359 g/mol. The van der Waals surface area contributed by atoms with E-state index < -0.39 is 0 Å². The Kier molecular flexibility index (Phi) is 6.58. The van der Waals surface area contributed by atoms with Crippen molar-refractivity contribution < 1.29 is 4.79 Å². The maximum Gasteiger partial charge on any atom is 0.315 e. The number of carbonyl (C=O) groups is 1. The molecule has 0 spiro atoms. The number of nitrogens with zero attached hydrogens (tertiary/aromatic N) is 1. The van der Waals surface area contributed by atoms with Crippen LogP contribution in [0.2, 0.25) is 0 Å². The summed E-state index contributed by atoms with van der Waals surface area (Å²) in [5.74, 6) is 0. The molecule has 0 radical (unpaired) electrons. The van der Waals surface area contributed by atoms with E-state index in [1.165, 1.54) is 5.56 Å². The Morgan fingerprint density at radius 2 is 1.56 bits per heavy atom. The maximum atomic E-state index is 12.6. The lowest BCUT2D eigenvalue weighted by molar-refractivity contribution is 0.234. The van der Waals surface area contributed by atoms with Crippen LogP contribution < -0.4 is 10.6 Å². The number of hydrogen-bond acceptors (Lipinski definition) is 2. The molecule has 0 aliphatic rings. The number of hydrogen-bond donors (Lipinski definition) is 2. The average molecular weight is 359 g/mol. The summed E-state index contributed by atoms with van der Waals surface area (Å²) in [6.07, 6.45) is 3.56. The van der Waals surface area contributed by atoms with Crippen molar-refractivity contribution in [1.29, 1.82) is 0 Å². The van der Waals surface area contributed by atoms with Gasteiger partial charge in [0.15, 0.2) is 0 Å². The predicted octanol–water partition coefficient (Wildman–Crippen LogP) is 4.49. The topological polar surface area (TPSA) is 54.0 Å². The van der Waals surface area contributed by atoms with Crippen LogP contribution in [0.15, 0.2) is 85.1 Å². The second kappa shape index (κ2) is 9.53. The fourth-order valence-corrected chi connectivity index (χ4v) is 3.02. The van der Waals surface area contributed by atoms with Crippen LogP contribution >= 0.6 is 0 Å². The third kappa shape index (κ3) is 5.68. The molecule has 2 amide bonds. The number of rotatable bonds is 7. The zero-order valence-electron chi connectivity index (χ0n) is 15.5. The van der Waals surface area contributed by atoms with Gasteiger partial charge in [-0.25, -0.2) is 4.79 Å². The van der Waals surface area contributed by atoms with Crippen LogP contribution in [0.1, 0.15) is 36.2 Å². The predicted molar refractivity (Wildman–Crippen MR) is 108 cm³/mol. The van der Waals surface area contributed by atoms with Crippen LogP contribution in [0.4, 0.5) is 4.79 Å². The van der Waals surface area contributed by atoms with Crippen molar-refractivity contribution in [3.63, 3.8) is 0 Å². The van der Waals surface area contributed by atoms with Crippen LogP contribution in [0.5, 0.6) is 0 Å². The zero-order chi connectivity index (χ0) is 18.9. The number of nitrogens with one attached hydrogen (secondary N) is 2. The van der Waals surface area contributed by atoms with Crippen molar-refractivity contribution in [2.75, 3.05) is 0 Å². The Morgan fingerprint density at radius 3 is 2.22 bits per heavy atom.